The largest absolute Gasteiger partial charge is 0.496 e. The van der Waals surface area contributed by atoms with Gasteiger partial charge in [-0.25, -0.2) is 4.98 Å². The molecule has 24 heavy (non-hydrogen) atoms. The zero-order valence-electron chi connectivity index (χ0n) is 14.0. The van der Waals surface area contributed by atoms with Crippen LogP contribution in [0.1, 0.15) is 22.4 Å². The van der Waals surface area contributed by atoms with Crippen LogP contribution in [0.3, 0.4) is 0 Å². The number of nitrogen functional groups attached to an aromatic ring is 1. The summed E-state index contributed by atoms with van der Waals surface area (Å²) >= 11 is 0. The van der Waals surface area contributed by atoms with Gasteiger partial charge in [-0.3, -0.25) is 0 Å². The number of anilines is 1. The Hall–Kier alpha value is -2.78. The average Bonchev–Trinajstić information content (AvgIpc) is 2.60. The molecule has 0 saturated heterocycles. The van der Waals surface area contributed by atoms with Crippen LogP contribution < -0.4 is 15.2 Å². The molecule has 3 rings (SSSR count). The van der Waals surface area contributed by atoms with E-state index in [-0.39, 0.29) is 5.82 Å². The molecule has 2 heterocycles. The first kappa shape index (κ1) is 16.1. The number of pyridine rings is 1. The van der Waals surface area contributed by atoms with Crippen molar-refractivity contribution in [3.8, 4) is 28.7 Å². The Labute approximate surface area is 140 Å². The van der Waals surface area contributed by atoms with Gasteiger partial charge in [0.25, 0.3) is 0 Å². The van der Waals surface area contributed by atoms with Crippen LogP contribution in [0.4, 0.5) is 5.82 Å². The van der Waals surface area contributed by atoms with Crippen LogP contribution in [-0.2, 0) is 17.8 Å². The zero-order chi connectivity index (χ0) is 17.3. The van der Waals surface area contributed by atoms with E-state index in [0.717, 1.165) is 33.7 Å². The third-order valence-electron chi connectivity index (χ3n) is 4.30. The van der Waals surface area contributed by atoms with Crippen molar-refractivity contribution in [2.45, 2.75) is 20.0 Å². The lowest BCUT2D eigenvalue weighted by atomic mass is 9.91. The summed E-state index contributed by atoms with van der Waals surface area (Å²) < 4.78 is 16.6. The molecule has 0 aliphatic carbocycles. The first-order valence-electron chi connectivity index (χ1n) is 7.63. The molecule has 0 fully saturated rings. The molecule has 1 aromatic carbocycles. The summed E-state index contributed by atoms with van der Waals surface area (Å²) in [5.41, 5.74) is 10.6. The maximum atomic E-state index is 9.62. The van der Waals surface area contributed by atoms with Gasteiger partial charge < -0.3 is 19.9 Å². The predicted molar refractivity (Wildman–Crippen MR) is 90.0 cm³/mol. The highest BCUT2D eigenvalue weighted by Gasteiger charge is 2.25. The fourth-order valence-electron chi connectivity index (χ4n) is 3.16. The van der Waals surface area contributed by atoms with Crippen molar-refractivity contribution in [3.63, 3.8) is 0 Å². The molecule has 1 aromatic heterocycles. The molecule has 1 aliphatic heterocycles. The first-order valence-corrected chi connectivity index (χ1v) is 7.63. The first-order chi connectivity index (χ1) is 11.6. The second-order valence-corrected chi connectivity index (χ2v) is 5.56. The molecule has 6 heteroatoms. The molecule has 124 valence electrons. The molecule has 6 nitrogen and oxygen atoms in total. The lowest BCUT2D eigenvalue weighted by Crippen LogP contribution is -2.16. The maximum Gasteiger partial charge on any atom is 0.142 e. The number of methoxy groups -OCH3 is 2. The van der Waals surface area contributed by atoms with Crippen molar-refractivity contribution in [1.29, 1.82) is 5.26 Å². The van der Waals surface area contributed by atoms with Crippen LogP contribution in [0.2, 0.25) is 0 Å². The van der Waals surface area contributed by atoms with Crippen molar-refractivity contribution in [2.24, 2.45) is 0 Å². The number of rotatable bonds is 3. The molecule has 2 aromatic rings. The highest BCUT2D eigenvalue weighted by atomic mass is 16.5. The van der Waals surface area contributed by atoms with Gasteiger partial charge in [-0.15, -0.1) is 0 Å². The second kappa shape index (κ2) is 6.38. The standard InChI is InChI=1S/C18H19N3O3/c1-10-15(22-2)5-4-11(17(10)23-3)16-12(8-19)18(20)21-14-6-7-24-9-13(14)16/h4-5H,6-7,9H2,1-3H3,(H2,20,21). The van der Waals surface area contributed by atoms with Gasteiger partial charge in [-0.05, 0) is 19.1 Å². The summed E-state index contributed by atoms with van der Waals surface area (Å²) in [5, 5.41) is 9.62. The number of benzene rings is 1. The number of aromatic nitrogens is 1. The van der Waals surface area contributed by atoms with Gasteiger partial charge in [0.05, 0.1) is 33.1 Å². The third-order valence-corrected chi connectivity index (χ3v) is 4.30. The van der Waals surface area contributed by atoms with E-state index in [1.165, 1.54) is 0 Å². The van der Waals surface area contributed by atoms with Crippen molar-refractivity contribution in [3.05, 3.63) is 34.5 Å². The number of nitrogens with two attached hydrogens (primary N) is 1. The maximum absolute atomic E-state index is 9.62. The van der Waals surface area contributed by atoms with Crippen LogP contribution in [-0.4, -0.2) is 25.8 Å². The monoisotopic (exact) mass is 325 g/mol. The number of nitrogens with zero attached hydrogens (tertiary/aromatic N) is 2. The van der Waals surface area contributed by atoms with Gasteiger partial charge in [0.2, 0.25) is 0 Å². The Morgan fingerprint density at radius 3 is 2.75 bits per heavy atom. The van der Waals surface area contributed by atoms with Crippen molar-refractivity contribution in [2.75, 3.05) is 26.6 Å². The predicted octanol–water partition coefficient (Wildman–Crippen LogP) is 2.60. The Morgan fingerprint density at radius 1 is 1.29 bits per heavy atom. The van der Waals surface area contributed by atoms with Gasteiger partial charge in [0, 0.05) is 28.7 Å². The minimum Gasteiger partial charge on any atom is -0.496 e. The lowest BCUT2D eigenvalue weighted by Gasteiger charge is -2.23. The average molecular weight is 325 g/mol. The van der Waals surface area contributed by atoms with Crippen molar-refractivity contribution < 1.29 is 14.2 Å². The smallest absolute Gasteiger partial charge is 0.142 e. The molecule has 0 amide bonds. The summed E-state index contributed by atoms with van der Waals surface area (Å²) in [4.78, 5) is 4.39. The van der Waals surface area contributed by atoms with Crippen LogP contribution in [0, 0.1) is 18.3 Å². The van der Waals surface area contributed by atoms with E-state index >= 15 is 0 Å². The highest BCUT2D eigenvalue weighted by Crippen LogP contribution is 2.42. The molecule has 0 spiro atoms. The van der Waals surface area contributed by atoms with E-state index in [1.54, 1.807) is 14.2 Å². The summed E-state index contributed by atoms with van der Waals surface area (Å²) in [6.45, 7) is 2.92. The zero-order valence-corrected chi connectivity index (χ0v) is 14.0. The van der Waals surface area contributed by atoms with E-state index in [1.807, 2.05) is 19.1 Å². The highest BCUT2D eigenvalue weighted by molar-refractivity contribution is 5.84. The van der Waals surface area contributed by atoms with E-state index in [2.05, 4.69) is 11.1 Å². The SMILES string of the molecule is COc1ccc(-c2c(C#N)c(N)nc3c2COCC3)c(OC)c1C. The lowest BCUT2D eigenvalue weighted by molar-refractivity contribution is 0.109. The van der Waals surface area contributed by atoms with E-state index in [4.69, 9.17) is 19.9 Å². The topological polar surface area (TPSA) is 90.4 Å². The van der Waals surface area contributed by atoms with E-state index < -0.39 is 0 Å². The van der Waals surface area contributed by atoms with E-state index in [0.29, 0.717) is 30.9 Å². The van der Waals surface area contributed by atoms with Gasteiger partial charge in [-0.1, -0.05) is 0 Å². The summed E-state index contributed by atoms with van der Waals surface area (Å²) in [6, 6.07) is 5.93. The number of ether oxygens (including phenoxy) is 3. The summed E-state index contributed by atoms with van der Waals surface area (Å²) in [7, 11) is 3.22. The van der Waals surface area contributed by atoms with Crippen LogP contribution >= 0.6 is 0 Å². The second-order valence-electron chi connectivity index (χ2n) is 5.56. The van der Waals surface area contributed by atoms with Crippen LogP contribution in [0.15, 0.2) is 12.1 Å². The van der Waals surface area contributed by atoms with Crippen LogP contribution in [0.5, 0.6) is 11.5 Å². The molecule has 0 saturated carbocycles. The quantitative estimate of drug-likeness (QED) is 0.933. The molecule has 0 radical (unpaired) electrons. The number of nitriles is 1. The third kappa shape index (κ3) is 2.43. The normalized spacial score (nSPS) is 13.1. The molecule has 0 bridgehead atoms. The van der Waals surface area contributed by atoms with Crippen molar-refractivity contribution >= 4 is 5.82 Å². The Balaban J connectivity index is 2.36. The number of fused-ring (bicyclic) bond motifs is 1. The molecule has 0 atom stereocenters. The molecule has 1 aliphatic rings. The number of hydrogen-bond acceptors (Lipinski definition) is 6. The Kier molecular flexibility index (Phi) is 4.28. The van der Waals surface area contributed by atoms with Gasteiger partial charge in [-0.2, -0.15) is 5.26 Å². The van der Waals surface area contributed by atoms with Crippen molar-refractivity contribution in [1.82, 2.24) is 4.98 Å². The molecule has 0 unspecified atom stereocenters. The minimum absolute atomic E-state index is 0.240. The van der Waals surface area contributed by atoms with Crippen LogP contribution in [0.25, 0.3) is 11.1 Å². The molecule has 2 N–H and O–H groups in total. The minimum atomic E-state index is 0.240. The van der Waals surface area contributed by atoms with E-state index in [9.17, 15) is 5.26 Å². The molecular formula is C18H19N3O3. The van der Waals surface area contributed by atoms with Gasteiger partial charge in [0.1, 0.15) is 28.9 Å². The summed E-state index contributed by atoms with van der Waals surface area (Å²) in [5.74, 6) is 1.62. The Bertz CT molecular complexity index is 841. The fourth-order valence-corrected chi connectivity index (χ4v) is 3.16. The van der Waals surface area contributed by atoms with Gasteiger partial charge >= 0.3 is 0 Å². The summed E-state index contributed by atoms with van der Waals surface area (Å²) in [6.07, 6.45) is 0.676. The number of hydrogen-bond donors (Lipinski definition) is 1. The molecular weight excluding hydrogens is 306 g/mol. The fraction of sp³-hybridized carbons (Fsp3) is 0.333. The van der Waals surface area contributed by atoms with Gasteiger partial charge in [0.15, 0.2) is 0 Å². The Morgan fingerprint density at radius 2 is 2.08 bits per heavy atom.